The maximum Gasteiger partial charge on any atom is 0.262 e. The molecular formula is C25H28N4O3S. The summed E-state index contributed by atoms with van der Waals surface area (Å²) < 4.78 is 13.1. The van der Waals surface area contributed by atoms with Gasteiger partial charge in [0.2, 0.25) is 4.80 Å². The summed E-state index contributed by atoms with van der Waals surface area (Å²) in [7, 11) is 0. The fourth-order valence-electron chi connectivity index (χ4n) is 3.28. The predicted molar refractivity (Wildman–Crippen MR) is 132 cm³/mol. The molecule has 0 bridgehead atoms. The summed E-state index contributed by atoms with van der Waals surface area (Å²) in [6.07, 6.45) is 2.84. The molecule has 1 aliphatic rings. The van der Waals surface area contributed by atoms with Gasteiger partial charge in [0.25, 0.3) is 5.91 Å². The molecule has 0 unspecified atom stereocenters. The van der Waals surface area contributed by atoms with E-state index in [2.05, 4.69) is 24.2 Å². The van der Waals surface area contributed by atoms with Gasteiger partial charge in [-0.15, -0.1) is 11.3 Å². The molecule has 0 spiro atoms. The molecule has 172 valence electrons. The highest BCUT2D eigenvalue weighted by molar-refractivity contribution is 7.07. The number of carbonyl (C=O) groups excluding carboxylic acids is 1. The largest absolute Gasteiger partial charge is 0.494 e. The molecule has 0 saturated carbocycles. The topological polar surface area (TPSA) is 77.2 Å². The van der Waals surface area contributed by atoms with Crippen LogP contribution in [-0.4, -0.2) is 36.6 Å². The van der Waals surface area contributed by atoms with E-state index in [1.807, 2.05) is 65.7 Å². The van der Waals surface area contributed by atoms with Gasteiger partial charge >= 0.3 is 0 Å². The molecule has 33 heavy (non-hydrogen) atoms. The molecule has 0 radical (unpaired) electrons. The van der Waals surface area contributed by atoms with Crippen molar-refractivity contribution in [1.29, 1.82) is 0 Å². The zero-order chi connectivity index (χ0) is 23.2. The van der Waals surface area contributed by atoms with E-state index < -0.39 is 0 Å². The summed E-state index contributed by atoms with van der Waals surface area (Å²) in [6.45, 7) is 7.78. The van der Waals surface area contributed by atoms with Crippen molar-refractivity contribution in [3.05, 3.63) is 58.2 Å². The van der Waals surface area contributed by atoms with Gasteiger partial charge < -0.3 is 14.8 Å². The molecule has 1 amide bonds. The third-order valence-corrected chi connectivity index (χ3v) is 5.91. The number of thiazole rings is 1. The first-order chi connectivity index (χ1) is 16.0. The van der Waals surface area contributed by atoms with Crippen LogP contribution >= 0.6 is 11.3 Å². The van der Waals surface area contributed by atoms with Crippen LogP contribution in [0.3, 0.4) is 0 Å². The number of amides is 1. The standard InChI is InChI=1S/C25H28N4O3S/c1-4-26-25-29(27-14-18-5-8-20(9-6-18)31-12-11-17(2)3)22(16-33-25)19-7-10-23-21(13-19)28-24(30)15-32-23/h5-10,13-14,16-17H,4,11-12,15H2,1-3H3,(H,28,30). The van der Waals surface area contributed by atoms with Crippen molar-refractivity contribution in [3.8, 4) is 22.8 Å². The molecule has 0 fully saturated rings. The average molecular weight is 465 g/mol. The van der Waals surface area contributed by atoms with Crippen LogP contribution in [-0.2, 0) is 4.79 Å². The number of aromatic nitrogens is 1. The quantitative estimate of drug-likeness (QED) is 0.488. The first-order valence-corrected chi connectivity index (χ1v) is 12.0. The van der Waals surface area contributed by atoms with Crippen molar-refractivity contribution in [3.63, 3.8) is 0 Å². The number of carbonyl (C=O) groups is 1. The van der Waals surface area contributed by atoms with Crippen LogP contribution < -0.4 is 19.6 Å². The zero-order valence-corrected chi connectivity index (χ0v) is 19.9. The molecule has 8 heteroatoms. The Morgan fingerprint density at radius 2 is 2.06 bits per heavy atom. The molecular weight excluding hydrogens is 436 g/mol. The molecule has 2 heterocycles. The van der Waals surface area contributed by atoms with Gasteiger partial charge in [-0.3, -0.25) is 9.79 Å². The number of hydrogen-bond acceptors (Lipinski definition) is 6. The second-order valence-corrected chi connectivity index (χ2v) is 8.92. The smallest absolute Gasteiger partial charge is 0.262 e. The zero-order valence-electron chi connectivity index (χ0n) is 19.1. The van der Waals surface area contributed by atoms with Gasteiger partial charge in [0, 0.05) is 17.5 Å². The number of anilines is 1. The van der Waals surface area contributed by atoms with Crippen LogP contribution in [0.4, 0.5) is 5.69 Å². The average Bonchev–Trinajstić information content (AvgIpc) is 3.20. The first kappa shape index (κ1) is 22.8. The van der Waals surface area contributed by atoms with Gasteiger partial charge in [-0.05, 0) is 67.3 Å². The Morgan fingerprint density at radius 1 is 1.24 bits per heavy atom. The SMILES string of the molecule is CCN=c1scc(-c2ccc3c(c2)NC(=O)CO3)n1N=Cc1ccc(OCCC(C)C)cc1. The molecule has 0 atom stereocenters. The molecule has 4 rings (SSSR count). The summed E-state index contributed by atoms with van der Waals surface area (Å²) in [4.78, 5) is 17.1. The van der Waals surface area contributed by atoms with Gasteiger partial charge in [-0.25, -0.2) is 4.68 Å². The number of nitrogens with zero attached hydrogens (tertiary/aromatic N) is 3. The van der Waals surface area contributed by atoms with Gasteiger partial charge in [-0.2, -0.15) is 5.10 Å². The van der Waals surface area contributed by atoms with Crippen LogP contribution in [0.1, 0.15) is 32.8 Å². The first-order valence-electron chi connectivity index (χ1n) is 11.1. The monoisotopic (exact) mass is 464 g/mol. The fourth-order valence-corrected chi connectivity index (χ4v) is 4.18. The van der Waals surface area contributed by atoms with Gasteiger partial charge in [-0.1, -0.05) is 13.8 Å². The molecule has 0 saturated heterocycles. The summed E-state index contributed by atoms with van der Waals surface area (Å²) >= 11 is 1.53. The minimum Gasteiger partial charge on any atom is -0.494 e. The minimum atomic E-state index is -0.158. The van der Waals surface area contributed by atoms with Crippen molar-refractivity contribution in [2.75, 3.05) is 25.1 Å². The fraction of sp³-hybridized carbons (Fsp3) is 0.320. The Kier molecular flexibility index (Phi) is 7.24. The maximum atomic E-state index is 11.7. The molecule has 7 nitrogen and oxygen atoms in total. The molecule has 3 aromatic rings. The van der Waals surface area contributed by atoms with E-state index in [1.54, 1.807) is 0 Å². The Hall–Kier alpha value is -3.39. The second-order valence-electron chi connectivity index (χ2n) is 8.08. The van der Waals surface area contributed by atoms with Crippen molar-refractivity contribution in [2.45, 2.75) is 27.2 Å². The molecule has 0 aliphatic carbocycles. The highest BCUT2D eigenvalue weighted by atomic mass is 32.1. The summed E-state index contributed by atoms with van der Waals surface area (Å²) in [5.41, 5.74) is 3.43. The van der Waals surface area contributed by atoms with Crippen LogP contribution in [0.2, 0.25) is 0 Å². The van der Waals surface area contributed by atoms with E-state index in [-0.39, 0.29) is 12.5 Å². The highest BCUT2D eigenvalue weighted by Crippen LogP contribution is 2.32. The van der Waals surface area contributed by atoms with E-state index in [0.717, 1.165) is 33.8 Å². The van der Waals surface area contributed by atoms with Gasteiger partial charge in [0.05, 0.1) is 24.2 Å². The Balaban J connectivity index is 1.59. The Labute approximate surface area is 197 Å². The summed E-state index contributed by atoms with van der Waals surface area (Å²) in [5, 5.41) is 9.60. The number of hydrogen-bond donors (Lipinski definition) is 1. The predicted octanol–water partition coefficient (Wildman–Crippen LogP) is 4.78. The molecule has 1 aromatic heterocycles. The number of benzene rings is 2. The highest BCUT2D eigenvalue weighted by Gasteiger charge is 2.17. The number of rotatable bonds is 8. The van der Waals surface area contributed by atoms with E-state index in [4.69, 9.17) is 14.6 Å². The van der Waals surface area contributed by atoms with Crippen LogP contribution in [0.25, 0.3) is 11.3 Å². The van der Waals surface area contributed by atoms with Crippen molar-refractivity contribution in [1.82, 2.24) is 4.68 Å². The molecule has 1 N–H and O–H groups in total. The molecule has 2 aromatic carbocycles. The maximum absolute atomic E-state index is 11.7. The number of ether oxygens (including phenoxy) is 2. The summed E-state index contributed by atoms with van der Waals surface area (Å²) in [5.74, 6) is 1.98. The lowest BCUT2D eigenvalue weighted by Crippen LogP contribution is -2.25. The van der Waals surface area contributed by atoms with E-state index in [0.29, 0.717) is 30.5 Å². The normalized spacial score (nSPS) is 13.8. The number of nitrogens with one attached hydrogen (secondary N) is 1. The Bertz CT molecular complexity index is 1210. The Morgan fingerprint density at radius 3 is 2.82 bits per heavy atom. The van der Waals surface area contributed by atoms with Crippen molar-refractivity contribution in [2.24, 2.45) is 16.0 Å². The van der Waals surface area contributed by atoms with Gasteiger partial charge in [0.15, 0.2) is 6.61 Å². The van der Waals surface area contributed by atoms with Gasteiger partial charge in [0.1, 0.15) is 11.5 Å². The lowest BCUT2D eigenvalue weighted by atomic mass is 10.1. The van der Waals surface area contributed by atoms with Crippen molar-refractivity contribution >= 4 is 29.1 Å². The summed E-state index contributed by atoms with van der Waals surface area (Å²) in [6, 6.07) is 13.6. The lowest BCUT2D eigenvalue weighted by Gasteiger charge is -2.18. The second kappa shape index (κ2) is 10.5. The van der Waals surface area contributed by atoms with Crippen molar-refractivity contribution < 1.29 is 14.3 Å². The molecule has 1 aliphatic heterocycles. The minimum absolute atomic E-state index is 0.0379. The lowest BCUT2D eigenvalue weighted by molar-refractivity contribution is -0.118. The van der Waals surface area contributed by atoms with E-state index >= 15 is 0 Å². The van der Waals surface area contributed by atoms with Crippen LogP contribution in [0.5, 0.6) is 11.5 Å². The van der Waals surface area contributed by atoms with Crippen LogP contribution in [0.15, 0.2) is 57.9 Å². The number of fused-ring (bicyclic) bond motifs is 1. The third-order valence-electron chi connectivity index (χ3n) is 5.05. The third kappa shape index (κ3) is 5.70. The van der Waals surface area contributed by atoms with E-state index in [1.165, 1.54) is 11.3 Å². The van der Waals surface area contributed by atoms with Crippen LogP contribution in [0, 0.1) is 5.92 Å². The van der Waals surface area contributed by atoms with E-state index in [9.17, 15) is 4.79 Å².